The number of thiophene rings is 2. The summed E-state index contributed by atoms with van der Waals surface area (Å²) in [6.07, 6.45) is 6.18. The predicted octanol–water partition coefficient (Wildman–Crippen LogP) is 5.99. The number of amides is 1. The molecule has 5 heterocycles. The van der Waals surface area contributed by atoms with E-state index in [-0.39, 0.29) is 17.8 Å². The minimum Gasteiger partial charge on any atom is -0.465 e. The van der Waals surface area contributed by atoms with E-state index in [2.05, 4.69) is 10.7 Å². The highest BCUT2D eigenvalue weighted by Gasteiger charge is 2.06. The molecule has 0 atom stereocenters. The Bertz CT molecular complexity index is 1450. The van der Waals surface area contributed by atoms with Crippen molar-refractivity contribution in [3.05, 3.63) is 111 Å². The fraction of sp³-hybridized carbons (Fsp3) is 0.0370. The van der Waals surface area contributed by atoms with E-state index >= 15 is 0 Å². The van der Waals surface area contributed by atoms with Crippen molar-refractivity contribution in [2.24, 2.45) is 5.73 Å². The van der Waals surface area contributed by atoms with Crippen molar-refractivity contribution in [1.82, 2.24) is 4.98 Å². The summed E-state index contributed by atoms with van der Waals surface area (Å²) in [5.74, 6) is 0.831. The second-order valence-electron chi connectivity index (χ2n) is 7.09. The molecule has 0 spiro atoms. The topological polar surface area (TPSA) is 143 Å². The molecule has 0 fully saturated rings. The van der Waals surface area contributed by atoms with E-state index in [1.807, 2.05) is 41.1 Å². The van der Waals surface area contributed by atoms with E-state index in [0.29, 0.717) is 11.5 Å². The Labute approximate surface area is 219 Å². The number of nitrogens with zero attached hydrogens (tertiary/aromatic N) is 1. The summed E-state index contributed by atoms with van der Waals surface area (Å²) in [5.41, 5.74) is 6.03. The largest absolute Gasteiger partial charge is 0.465 e. The van der Waals surface area contributed by atoms with Gasteiger partial charge in [0.05, 0.1) is 34.0 Å². The van der Waals surface area contributed by atoms with Crippen molar-refractivity contribution in [2.75, 3.05) is 0 Å². The van der Waals surface area contributed by atoms with Gasteiger partial charge in [-0.2, -0.15) is 5.26 Å². The molecule has 3 N–H and O–H groups in total. The van der Waals surface area contributed by atoms with Crippen LogP contribution in [-0.2, 0) is 4.79 Å². The molecule has 5 aromatic rings. The molecule has 0 saturated carbocycles. The molecule has 0 aliphatic carbocycles. The molecule has 1 amide bonds. The van der Waals surface area contributed by atoms with Crippen molar-refractivity contribution < 1.29 is 18.4 Å². The van der Waals surface area contributed by atoms with E-state index in [9.17, 15) is 14.4 Å². The Balaban J connectivity index is 0.000000172. The highest BCUT2D eigenvalue weighted by atomic mass is 32.1. The van der Waals surface area contributed by atoms with Gasteiger partial charge in [0.2, 0.25) is 11.5 Å². The normalized spacial score (nSPS) is 10.0. The molecule has 10 heteroatoms. The molecule has 0 saturated heterocycles. The summed E-state index contributed by atoms with van der Waals surface area (Å²) in [7, 11) is 0. The number of aromatic amines is 1. The van der Waals surface area contributed by atoms with Gasteiger partial charge in [-0.3, -0.25) is 14.4 Å². The maximum Gasteiger partial charge on any atom is 0.249 e. The third kappa shape index (κ3) is 8.78. The van der Waals surface area contributed by atoms with E-state index in [1.165, 1.54) is 23.5 Å². The minimum absolute atomic E-state index is 0.0106. The van der Waals surface area contributed by atoms with E-state index < -0.39 is 5.91 Å². The van der Waals surface area contributed by atoms with Crippen LogP contribution in [0.4, 0.5) is 0 Å². The maximum absolute atomic E-state index is 11.6. The fourth-order valence-electron chi connectivity index (χ4n) is 2.82. The van der Waals surface area contributed by atoms with Gasteiger partial charge in [0.15, 0.2) is 5.78 Å². The fourth-order valence-corrected chi connectivity index (χ4v) is 4.16. The number of pyridine rings is 1. The summed E-state index contributed by atoms with van der Waals surface area (Å²) in [6, 6.07) is 19.9. The molecular formula is C27H21N3O5S2. The van der Waals surface area contributed by atoms with Crippen LogP contribution in [0.5, 0.6) is 0 Å². The average Bonchev–Trinajstić information content (AvgIpc) is 3.72. The van der Waals surface area contributed by atoms with Crippen LogP contribution < -0.4 is 11.3 Å². The summed E-state index contributed by atoms with van der Waals surface area (Å²) in [5, 5.41) is 11.5. The lowest BCUT2D eigenvalue weighted by atomic mass is 10.1. The Morgan fingerprint density at radius 2 is 1.76 bits per heavy atom. The van der Waals surface area contributed by atoms with Gasteiger partial charge in [-0.05, 0) is 65.4 Å². The van der Waals surface area contributed by atoms with Gasteiger partial charge < -0.3 is 19.6 Å². The van der Waals surface area contributed by atoms with Gasteiger partial charge in [-0.25, -0.2) is 0 Å². The Morgan fingerprint density at radius 3 is 2.32 bits per heavy atom. The first-order valence-corrected chi connectivity index (χ1v) is 12.5. The highest BCUT2D eigenvalue weighted by Crippen LogP contribution is 2.26. The van der Waals surface area contributed by atoms with E-state index in [4.69, 9.17) is 14.1 Å². The number of rotatable bonds is 6. The maximum atomic E-state index is 11.6. The van der Waals surface area contributed by atoms with Crippen LogP contribution in [0.2, 0.25) is 0 Å². The first kappa shape index (κ1) is 26.9. The number of nitriles is 1. The molecule has 37 heavy (non-hydrogen) atoms. The summed E-state index contributed by atoms with van der Waals surface area (Å²) < 4.78 is 10.4. The number of hydrogen-bond donors (Lipinski definition) is 2. The Hall–Kier alpha value is -4.72. The third-order valence-electron chi connectivity index (χ3n) is 4.40. The van der Waals surface area contributed by atoms with Crippen molar-refractivity contribution in [3.63, 3.8) is 0 Å². The van der Waals surface area contributed by atoms with Crippen LogP contribution >= 0.6 is 22.7 Å². The summed E-state index contributed by atoms with van der Waals surface area (Å²) >= 11 is 3.03. The molecular weight excluding hydrogens is 510 g/mol. The Kier molecular flexibility index (Phi) is 10.2. The highest BCUT2D eigenvalue weighted by molar-refractivity contribution is 7.13. The van der Waals surface area contributed by atoms with Crippen LogP contribution in [0.1, 0.15) is 21.9 Å². The third-order valence-corrected chi connectivity index (χ3v) is 6.18. The van der Waals surface area contributed by atoms with Crippen LogP contribution in [0, 0.1) is 11.3 Å². The molecule has 5 aromatic heterocycles. The van der Waals surface area contributed by atoms with Crippen LogP contribution in [0.25, 0.3) is 28.0 Å². The monoisotopic (exact) mass is 531 g/mol. The van der Waals surface area contributed by atoms with Gasteiger partial charge >= 0.3 is 0 Å². The number of ketones is 1. The second kappa shape index (κ2) is 14.0. The van der Waals surface area contributed by atoms with Crippen molar-refractivity contribution in [3.8, 4) is 28.0 Å². The minimum atomic E-state index is -0.572. The molecule has 0 aromatic carbocycles. The SMILES string of the molecule is N#CCC(N)=O.O=C(/C=C/c1ccco1)c1cccs1.O=c1cc(-c2ccco2)cc(-c2cccs2)[nH]1. The lowest BCUT2D eigenvalue weighted by molar-refractivity contribution is -0.117. The number of aromatic nitrogens is 1. The summed E-state index contributed by atoms with van der Waals surface area (Å²) in [6.45, 7) is 0. The van der Waals surface area contributed by atoms with Crippen LogP contribution in [0.15, 0.2) is 104 Å². The number of hydrogen-bond acceptors (Lipinski definition) is 8. The smallest absolute Gasteiger partial charge is 0.249 e. The molecule has 5 rings (SSSR count). The number of primary amides is 1. The van der Waals surface area contributed by atoms with Gasteiger partial charge in [0.1, 0.15) is 17.9 Å². The number of allylic oxidation sites excluding steroid dienone is 1. The van der Waals surface area contributed by atoms with Crippen LogP contribution in [0.3, 0.4) is 0 Å². The zero-order valence-corrected chi connectivity index (χ0v) is 21.0. The van der Waals surface area contributed by atoms with Gasteiger partial charge in [-0.1, -0.05) is 12.1 Å². The Morgan fingerprint density at radius 1 is 1.00 bits per heavy atom. The number of carbonyl (C=O) groups is 2. The van der Waals surface area contributed by atoms with Crippen LogP contribution in [-0.4, -0.2) is 16.7 Å². The molecule has 0 aliphatic rings. The van der Waals surface area contributed by atoms with E-state index in [1.54, 1.807) is 60.3 Å². The van der Waals surface area contributed by atoms with Crippen molar-refractivity contribution in [2.45, 2.75) is 6.42 Å². The molecule has 0 bridgehead atoms. The molecule has 0 radical (unpaired) electrons. The first-order valence-electron chi connectivity index (χ1n) is 10.7. The zero-order chi connectivity index (χ0) is 26.5. The van der Waals surface area contributed by atoms with Gasteiger partial charge in [-0.15, -0.1) is 22.7 Å². The van der Waals surface area contributed by atoms with Gasteiger partial charge in [0, 0.05) is 11.6 Å². The quantitative estimate of drug-likeness (QED) is 0.204. The average molecular weight is 532 g/mol. The summed E-state index contributed by atoms with van der Waals surface area (Å²) in [4.78, 5) is 37.3. The van der Waals surface area contributed by atoms with Crippen molar-refractivity contribution in [1.29, 1.82) is 5.26 Å². The number of carbonyl (C=O) groups excluding carboxylic acids is 2. The number of nitrogens with two attached hydrogens (primary N) is 1. The van der Waals surface area contributed by atoms with Gasteiger partial charge in [0.25, 0.3) is 0 Å². The lowest BCUT2D eigenvalue weighted by Gasteiger charge is -2.00. The predicted molar refractivity (Wildman–Crippen MR) is 144 cm³/mol. The van der Waals surface area contributed by atoms with E-state index in [0.717, 1.165) is 21.0 Å². The number of furan rings is 2. The molecule has 0 unspecified atom stereocenters. The zero-order valence-electron chi connectivity index (χ0n) is 19.3. The molecule has 186 valence electrons. The standard InChI is InChI=1S/C13H9NO2S.C11H8O2S.C3H4N2O/c15-13-8-9(11-3-1-5-16-11)7-10(14-13)12-4-2-6-17-12;12-10(11-4-2-8-14-11)6-5-9-3-1-7-13-9;4-2-1-3(5)6/h1-8H,(H,14,15);1-8H;1H2,(H2,5,6)/b;6-5+;. The van der Waals surface area contributed by atoms with Crippen molar-refractivity contribution >= 4 is 40.4 Å². The number of H-pyrrole nitrogens is 1. The molecule has 0 aliphatic heterocycles. The second-order valence-corrected chi connectivity index (χ2v) is 8.99. The lowest BCUT2D eigenvalue weighted by Crippen LogP contribution is -2.07. The first-order chi connectivity index (χ1) is 18.0. The number of nitrogens with one attached hydrogen (secondary N) is 1. The molecule has 8 nitrogen and oxygen atoms in total.